The molecular weight excluding hydrogens is 285 g/mol. The molecule has 3 aromatic rings. The van der Waals surface area contributed by atoms with Crippen LogP contribution in [0.4, 0.5) is 10.2 Å². The van der Waals surface area contributed by atoms with Crippen molar-refractivity contribution in [3.05, 3.63) is 34.7 Å². The first-order valence-corrected chi connectivity index (χ1v) is 5.93. The highest BCUT2D eigenvalue weighted by atomic mass is 79.9. The summed E-state index contributed by atoms with van der Waals surface area (Å²) in [4.78, 5) is 7.53. The third-order valence-corrected chi connectivity index (χ3v) is 3.38. The van der Waals surface area contributed by atoms with Gasteiger partial charge in [-0.25, -0.2) is 9.37 Å². The molecule has 0 amide bonds. The van der Waals surface area contributed by atoms with Gasteiger partial charge in [0.15, 0.2) is 0 Å². The van der Waals surface area contributed by atoms with Gasteiger partial charge in [-0.1, -0.05) is 0 Å². The fourth-order valence-electron chi connectivity index (χ4n) is 2.03. The summed E-state index contributed by atoms with van der Waals surface area (Å²) < 4.78 is 14.2. The van der Waals surface area contributed by atoms with Crippen LogP contribution in [0.2, 0.25) is 0 Å². The predicted octanol–water partition coefficient (Wildman–Crippen LogP) is 3.66. The van der Waals surface area contributed by atoms with Crippen molar-refractivity contribution in [2.24, 2.45) is 0 Å². The number of hydrogen-bond acceptors (Lipinski definition) is 2. The number of benzene rings is 1. The van der Waals surface area contributed by atoms with E-state index in [4.69, 9.17) is 0 Å². The van der Waals surface area contributed by atoms with E-state index < -0.39 is 0 Å². The normalized spacial score (nSPS) is 11.2. The van der Waals surface area contributed by atoms with E-state index in [2.05, 4.69) is 31.2 Å². The van der Waals surface area contributed by atoms with Crippen molar-refractivity contribution in [1.29, 1.82) is 0 Å². The fraction of sp³-hybridized carbons (Fsp3) is 0.0833. The number of hydrogen-bond donors (Lipinski definition) is 2. The van der Waals surface area contributed by atoms with Crippen LogP contribution < -0.4 is 5.32 Å². The molecule has 3 rings (SSSR count). The van der Waals surface area contributed by atoms with Crippen LogP contribution in [0.3, 0.4) is 0 Å². The van der Waals surface area contributed by atoms with Gasteiger partial charge in [-0.15, -0.1) is 0 Å². The van der Waals surface area contributed by atoms with Crippen LogP contribution in [0.1, 0.15) is 0 Å². The molecule has 0 bridgehead atoms. The second-order valence-corrected chi connectivity index (χ2v) is 4.62. The van der Waals surface area contributed by atoms with Gasteiger partial charge in [0.1, 0.15) is 11.6 Å². The summed E-state index contributed by atoms with van der Waals surface area (Å²) in [6.45, 7) is 0. The number of fused-ring (bicyclic) bond motifs is 3. The Labute approximate surface area is 105 Å². The summed E-state index contributed by atoms with van der Waals surface area (Å²) in [5.74, 6) is 0.487. The van der Waals surface area contributed by atoms with E-state index in [1.165, 1.54) is 12.1 Å². The van der Waals surface area contributed by atoms with E-state index in [9.17, 15) is 4.39 Å². The number of aromatic nitrogens is 2. The molecule has 0 saturated carbocycles. The number of anilines is 1. The molecule has 86 valence electrons. The minimum Gasteiger partial charge on any atom is -0.373 e. The monoisotopic (exact) mass is 293 g/mol. The Balaban J connectivity index is 2.57. The van der Waals surface area contributed by atoms with Crippen molar-refractivity contribution in [3.63, 3.8) is 0 Å². The smallest absolute Gasteiger partial charge is 0.135 e. The van der Waals surface area contributed by atoms with E-state index in [1.807, 2.05) is 0 Å². The summed E-state index contributed by atoms with van der Waals surface area (Å²) in [5.41, 5.74) is 1.82. The standard InChI is InChI=1S/C12H9BrFN3/c1-15-12-10-7-4-6(14)2-3-9(7)17-11(10)8(13)5-16-12/h2-5,17H,1H3,(H,15,16). The summed E-state index contributed by atoms with van der Waals surface area (Å²) in [6.07, 6.45) is 1.72. The van der Waals surface area contributed by atoms with E-state index in [-0.39, 0.29) is 5.82 Å². The van der Waals surface area contributed by atoms with E-state index in [0.717, 1.165) is 32.1 Å². The van der Waals surface area contributed by atoms with Gasteiger partial charge in [0.25, 0.3) is 0 Å². The Kier molecular flexibility index (Phi) is 2.29. The highest BCUT2D eigenvalue weighted by Gasteiger charge is 2.12. The quantitative estimate of drug-likeness (QED) is 0.719. The van der Waals surface area contributed by atoms with Crippen molar-refractivity contribution in [1.82, 2.24) is 9.97 Å². The van der Waals surface area contributed by atoms with Crippen molar-refractivity contribution < 1.29 is 4.39 Å². The molecule has 0 aliphatic heterocycles. The lowest BCUT2D eigenvalue weighted by Crippen LogP contribution is -1.92. The second-order valence-electron chi connectivity index (χ2n) is 3.77. The number of nitrogens with zero attached hydrogens (tertiary/aromatic N) is 1. The molecule has 2 heterocycles. The summed E-state index contributed by atoms with van der Waals surface area (Å²) >= 11 is 3.44. The minimum absolute atomic E-state index is 0.250. The zero-order valence-electron chi connectivity index (χ0n) is 9.01. The van der Waals surface area contributed by atoms with Gasteiger partial charge in [-0.2, -0.15) is 0 Å². The molecule has 2 N–H and O–H groups in total. The maximum absolute atomic E-state index is 13.3. The van der Waals surface area contributed by atoms with E-state index in [1.54, 1.807) is 19.3 Å². The topological polar surface area (TPSA) is 40.7 Å². The molecule has 2 aromatic heterocycles. The lowest BCUT2D eigenvalue weighted by molar-refractivity contribution is 0.630. The number of halogens is 2. The van der Waals surface area contributed by atoms with Crippen LogP contribution >= 0.6 is 15.9 Å². The number of rotatable bonds is 1. The molecule has 0 unspecified atom stereocenters. The number of nitrogens with one attached hydrogen (secondary N) is 2. The molecule has 0 radical (unpaired) electrons. The predicted molar refractivity (Wildman–Crippen MR) is 70.8 cm³/mol. The SMILES string of the molecule is CNc1ncc(Br)c2[nH]c3ccc(F)cc3c12. The van der Waals surface area contributed by atoms with Crippen LogP contribution in [-0.2, 0) is 0 Å². The van der Waals surface area contributed by atoms with Crippen molar-refractivity contribution >= 4 is 43.6 Å². The molecule has 17 heavy (non-hydrogen) atoms. The second kappa shape index (κ2) is 3.70. The molecule has 0 spiro atoms. The van der Waals surface area contributed by atoms with Crippen LogP contribution in [0.15, 0.2) is 28.9 Å². The Morgan fingerprint density at radius 3 is 3.00 bits per heavy atom. The van der Waals surface area contributed by atoms with Gasteiger partial charge in [0, 0.05) is 24.1 Å². The lowest BCUT2D eigenvalue weighted by Gasteiger charge is -2.02. The van der Waals surface area contributed by atoms with Gasteiger partial charge >= 0.3 is 0 Å². The van der Waals surface area contributed by atoms with Crippen LogP contribution in [0.25, 0.3) is 21.8 Å². The molecule has 0 atom stereocenters. The highest BCUT2D eigenvalue weighted by Crippen LogP contribution is 2.34. The van der Waals surface area contributed by atoms with Gasteiger partial charge in [0.2, 0.25) is 0 Å². The zero-order chi connectivity index (χ0) is 12.0. The zero-order valence-corrected chi connectivity index (χ0v) is 10.6. The van der Waals surface area contributed by atoms with Crippen LogP contribution in [0, 0.1) is 5.82 Å². The van der Waals surface area contributed by atoms with E-state index in [0.29, 0.717) is 0 Å². The molecule has 0 fully saturated rings. The third kappa shape index (κ3) is 1.50. The average molecular weight is 294 g/mol. The molecule has 0 aliphatic carbocycles. The molecular formula is C12H9BrFN3. The Bertz CT molecular complexity index is 720. The Hall–Kier alpha value is -1.62. The van der Waals surface area contributed by atoms with Gasteiger partial charge in [-0.05, 0) is 34.1 Å². The highest BCUT2D eigenvalue weighted by molar-refractivity contribution is 9.10. The van der Waals surface area contributed by atoms with Crippen molar-refractivity contribution in [2.75, 3.05) is 12.4 Å². The van der Waals surface area contributed by atoms with Gasteiger partial charge in [-0.3, -0.25) is 0 Å². The molecule has 0 aliphatic rings. The number of aromatic amines is 1. The summed E-state index contributed by atoms with van der Waals surface area (Å²) in [7, 11) is 1.80. The fourth-order valence-corrected chi connectivity index (χ4v) is 2.43. The summed E-state index contributed by atoms with van der Waals surface area (Å²) in [5, 5.41) is 4.75. The molecule has 0 saturated heterocycles. The van der Waals surface area contributed by atoms with Gasteiger partial charge < -0.3 is 10.3 Å². The molecule has 1 aromatic carbocycles. The van der Waals surface area contributed by atoms with E-state index >= 15 is 0 Å². The third-order valence-electron chi connectivity index (χ3n) is 2.78. The average Bonchev–Trinajstić information content (AvgIpc) is 2.70. The van der Waals surface area contributed by atoms with Crippen LogP contribution in [0.5, 0.6) is 0 Å². The van der Waals surface area contributed by atoms with Crippen molar-refractivity contribution in [2.45, 2.75) is 0 Å². The number of H-pyrrole nitrogens is 1. The first-order valence-electron chi connectivity index (χ1n) is 5.14. The summed E-state index contributed by atoms with van der Waals surface area (Å²) in [6, 6.07) is 4.69. The minimum atomic E-state index is -0.250. The first kappa shape index (κ1) is 10.5. The number of pyridine rings is 1. The maximum atomic E-state index is 13.3. The Morgan fingerprint density at radius 2 is 2.24 bits per heavy atom. The molecule has 5 heteroatoms. The van der Waals surface area contributed by atoms with Crippen LogP contribution in [-0.4, -0.2) is 17.0 Å². The largest absolute Gasteiger partial charge is 0.373 e. The lowest BCUT2D eigenvalue weighted by atomic mass is 10.2. The van der Waals surface area contributed by atoms with Gasteiger partial charge in [0.05, 0.1) is 15.4 Å². The maximum Gasteiger partial charge on any atom is 0.135 e. The first-order chi connectivity index (χ1) is 8.20. The molecule has 3 nitrogen and oxygen atoms in total. The van der Waals surface area contributed by atoms with Crippen molar-refractivity contribution in [3.8, 4) is 0 Å². The Morgan fingerprint density at radius 1 is 1.41 bits per heavy atom.